The maximum Gasteiger partial charge on any atom is 0.134 e. The lowest BCUT2D eigenvalue weighted by molar-refractivity contribution is 0.622. The number of nitrogen functional groups attached to an aromatic ring is 1. The lowest BCUT2D eigenvalue weighted by Gasteiger charge is -2.07. The number of anilines is 1. The molecule has 0 saturated heterocycles. The number of aromatic nitrogens is 2. The van der Waals surface area contributed by atoms with Gasteiger partial charge in [-0.25, -0.2) is 9.37 Å². The summed E-state index contributed by atoms with van der Waals surface area (Å²) in [5.41, 5.74) is 6.80. The molecule has 0 aliphatic carbocycles. The Labute approximate surface area is 117 Å². The Kier molecular flexibility index (Phi) is 4.10. The van der Waals surface area contributed by atoms with Gasteiger partial charge in [0.2, 0.25) is 0 Å². The zero-order valence-corrected chi connectivity index (χ0v) is 11.8. The standard InChI is InChI=1S/C14H17ClFN3/c1-3-4-8-19-9(2)18-13(14(19)17)12-10(15)6-5-7-11(12)16/h5-7H,3-4,8,17H2,1-2H3. The highest BCUT2D eigenvalue weighted by molar-refractivity contribution is 6.33. The minimum Gasteiger partial charge on any atom is -0.383 e. The number of imidazole rings is 1. The molecule has 0 spiro atoms. The molecule has 0 bridgehead atoms. The molecule has 2 aromatic rings. The van der Waals surface area contributed by atoms with Gasteiger partial charge in [-0.05, 0) is 25.5 Å². The summed E-state index contributed by atoms with van der Waals surface area (Å²) in [5.74, 6) is 0.845. The molecule has 102 valence electrons. The largest absolute Gasteiger partial charge is 0.383 e. The number of rotatable bonds is 4. The van der Waals surface area contributed by atoms with Crippen LogP contribution in [0, 0.1) is 12.7 Å². The quantitative estimate of drug-likeness (QED) is 0.919. The molecule has 0 saturated carbocycles. The number of aryl methyl sites for hydroxylation is 1. The molecule has 1 aromatic heterocycles. The van der Waals surface area contributed by atoms with Crippen LogP contribution in [0.5, 0.6) is 0 Å². The van der Waals surface area contributed by atoms with Gasteiger partial charge in [0.25, 0.3) is 0 Å². The fraction of sp³-hybridized carbons (Fsp3) is 0.357. The summed E-state index contributed by atoms with van der Waals surface area (Å²) >= 11 is 6.06. The average molecular weight is 282 g/mol. The Morgan fingerprint density at radius 3 is 2.79 bits per heavy atom. The lowest BCUT2D eigenvalue weighted by atomic mass is 10.1. The molecular weight excluding hydrogens is 265 g/mol. The van der Waals surface area contributed by atoms with Gasteiger partial charge in [0.15, 0.2) is 0 Å². The van der Waals surface area contributed by atoms with E-state index < -0.39 is 5.82 Å². The zero-order valence-electron chi connectivity index (χ0n) is 11.1. The number of nitrogens with two attached hydrogens (primary N) is 1. The first kappa shape index (κ1) is 13.9. The highest BCUT2D eigenvalue weighted by Crippen LogP contribution is 2.34. The number of hydrogen-bond acceptors (Lipinski definition) is 2. The van der Waals surface area contributed by atoms with Crippen LogP contribution < -0.4 is 5.73 Å². The van der Waals surface area contributed by atoms with Crippen molar-refractivity contribution in [2.45, 2.75) is 33.2 Å². The Morgan fingerprint density at radius 1 is 1.42 bits per heavy atom. The van der Waals surface area contributed by atoms with Crippen LogP contribution in [0.2, 0.25) is 5.02 Å². The van der Waals surface area contributed by atoms with Crippen molar-refractivity contribution in [2.75, 3.05) is 5.73 Å². The monoisotopic (exact) mass is 281 g/mol. The van der Waals surface area contributed by atoms with Gasteiger partial charge in [-0.3, -0.25) is 0 Å². The fourth-order valence-electron chi connectivity index (χ4n) is 2.09. The van der Waals surface area contributed by atoms with Crippen molar-refractivity contribution in [2.24, 2.45) is 0 Å². The third kappa shape index (κ3) is 2.59. The molecule has 1 heterocycles. The first-order valence-electron chi connectivity index (χ1n) is 6.33. The topological polar surface area (TPSA) is 43.8 Å². The second-order valence-corrected chi connectivity index (χ2v) is 4.90. The summed E-state index contributed by atoms with van der Waals surface area (Å²) in [5, 5.41) is 0.326. The number of unbranched alkanes of at least 4 members (excludes halogenated alkanes) is 1. The van der Waals surface area contributed by atoms with E-state index >= 15 is 0 Å². The zero-order chi connectivity index (χ0) is 14.0. The smallest absolute Gasteiger partial charge is 0.134 e. The van der Waals surface area contributed by atoms with Crippen molar-refractivity contribution in [1.29, 1.82) is 0 Å². The van der Waals surface area contributed by atoms with E-state index in [0.717, 1.165) is 25.2 Å². The number of hydrogen-bond donors (Lipinski definition) is 1. The molecule has 2 rings (SSSR count). The van der Waals surface area contributed by atoms with Gasteiger partial charge in [0.05, 0.1) is 10.6 Å². The van der Waals surface area contributed by atoms with Crippen LogP contribution in [-0.2, 0) is 6.54 Å². The van der Waals surface area contributed by atoms with Crippen LogP contribution in [0.4, 0.5) is 10.2 Å². The van der Waals surface area contributed by atoms with Crippen LogP contribution in [0.3, 0.4) is 0 Å². The summed E-state index contributed by atoms with van der Waals surface area (Å²) < 4.78 is 15.8. The predicted octanol–water partition coefficient (Wildman–Crippen LogP) is 4.03. The maximum atomic E-state index is 13.9. The van der Waals surface area contributed by atoms with Gasteiger partial charge >= 0.3 is 0 Å². The van der Waals surface area contributed by atoms with E-state index in [1.807, 2.05) is 11.5 Å². The van der Waals surface area contributed by atoms with E-state index in [2.05, 4.69) is 11.9 Å². The highest BCUT2D eigenvalue weighted by Gasteiger charge is 2.18. The molecule has 0 unspecified atom stereocenters. The number of benzene rings is 1. The molecule has 1 aromatic carbocycles. The predicted molar refractivity (Wildman–Crippen MR) is 76.7 cm³/mol. The van der Waals surface area contributed by atoms with Gasteiger partial charge in [-0.1, -0.05) is 31.0 Å². The molecule has 0 radical (unpaired) electrons. The Hall–Kier alpha value is -1.55. The van der Waals surface area contributed by atoms with Gasteiger partial charge in [0, 0.05) is 6.54 Å². The van der Waals surface area contributed by atoms with Crippen LogP contribution in [-0.4, -0.2) is 9.55 Å². The number of halogens is 2. The second-order valence-electron chi connectivity index (χ2n) is 4.49. The molecule has 0 aliphatic rings. The van der Waals surface area contributed by atoms with E-state index in [1.165, 1.54) is 6.07 Å². The van der Waals surface area contributed by atoms with Crippen molar-refractivity contribution in [3.05, 3.63) is 34.9 Å². The fourth-order valence-corrected chi connectivity index (χ4v) is 2.34. The molecular formula is C14H17ClFN3. The van der Waals surface area contributed by atoms with E-state index in [0.29, 0.717) is 16.5 Å². The number of nitrogens with zero attached hydrogens (tertiary/aromatic N) is 2. The third-order valence-corrected chi connectivity index (χ3v) is 3.45. The summed E-state index contributed by atoms with van der Waals surface area (Å²) in [6, 6.07) is 4.57. The normalized spacial score (nSPS) is 10.9. The van der Waals surface area contributed by atoms with E-state index in [4.69, 9.17) is 17.3 Å². The first-order chi connectivity index (χ1) is 9.06. The van der Waals surface area contributed by atoms with Crippen molar-refractivity contribution in [3.8, 4) is 11.3 Å². The minimum atomic E-state index is -0.403. The van der Waals surface area contributed by atoms with Gasteiger partial charge in [-0.15, -0.1) is 0 Å². The molecule has 0 fully saturated rings. The average Bonchev–Trinajstić information content (AvgIpc) is 2.63. The summed E-state index contributed by atoms with van der Waals surface area (Å²) in [7, 11) is 0. The second kappa shape index (κ2) is 5.61. The van der Waals surface area contributed by atoms with Gasteiger partial charge in [0.1, 0.15) is 23.2 Å². The lowest BCUT2D eigenvalue weighted by Crippen LogP contribution is -2.05. The molecule has 3 nitrogen and oxygen atoms in total. The molecule has 0 atom stereocenters. The van der Waals surface area contributed by atoms with Crippen LogP contribution in [0.25, 0.3) is 11.3 Å². The van der Waals surface area contributed by atoms with Gasteiger partial charge in [-0.2, -0.15) is 0 Å². The van der Waals surface area contributed by atoms with Crippen molar-refractivity contribution in [3.63, 3.8) is 0 Å². The summed E-state index contributed by atoms with van der Waals surface area (Å²) in [6.07, 6.45) is 2.07. The van der Waals surface area contributed by atoms with Crippen molar-refractivity contribution < 1.29 is 4.39 Å². The molecule has 0 aliphatic heterocycles. The Morgan fingerprint density at radius 2 is 2.16 bits per heavy atom. The molecule has 5 heteroatoms. The third-order valence-electron chi connectivity index (χ3n) is 3.13. The molecule has 2 N–H and O–H groups in total. The van der Waals surface area contributed by atoms with Crippen molar-refractivity contribution >= 4 is 17.4 Å². The SMILES string of the molecule is CCCCn1c(C)nc(-c2c(F)cccc2Cl)c1N. The van der Waals surface area contributed by atoms with Crippen molar-refractivity contribution in [1.82, 2.24) is 9.55 Å². The van der Waals surface area contributed by atoms with E-state index in [9.17, 15) is 4.39 Å². The minimum absolute atomic E-state index is 0.278. The van der Waals surface area contributed by atoms with Gasteiger partial charge < -0.3 is 10.3 Å². The van der Waals surface area contributed by atoms with E-state index in [-0.39, 0.29) is 5.56 Å². The Balaban J connectivity index is 2.52. The first-order valence-corrected chi connectivity index (χ1v) is 6.71. The highest BCUT2D eigenvalue weighted by atomic mass is 35.5. The van der Waals surface area contributed by atoms with Crippen LogP contribution in [0.15, 0.2) is 18.2 Å². The summed E-state index contributed by atoms with van der Waals surface area (Å²) in [4.78, 5) is 4.37. The van der Waals surface area contributed by atoms with E-state index in [1.54, 1.807) is 12.1 Å². The van der Waals surface area contributed by atoms with Crippen LogP contribution in [0.1, 0.15) is 25.6 Å². The molecule has 0 amide bonds. The Bertz CT molecular complexity index is 572. The van der Waals surface area contributed by atoms with Crippen LogP contribution >= 0.6 is 11.6 Å². The molecule has 19 heavy (non-hydrogen) atoms. The summed E-state index contributed by atoms with van der Waals surface area (Å²) in [6.45, 7) is 4.76. The maximum absolute atomic E-state index is 13.9.